The first kappa shape index (κ1) is 10.0. The normalized spacial score (nSPS) is 26.8. The number of hydrogen-bond acceptors (Lipinski definition) is 2. The van der Waals surface area contributed by atoms with Crippen molar-refractivity contribution in [2.45, 2.75) is 39.7 Å². The maximum atomic E-state index is 2.58. The minimum Gasteiger partial charge on any atom is -0.289 e. The van der Waals surface area contributed by atoms with E-state index in [4.69, 9.17) is 0 Å². The average Bonchev–Trinajstić information content (AvgIpc) is 2.34. The van der Waals surface area contributed by atoms with Gasteiger partial charge in [-0.25, -0.2) is 0 Å². The second-order valence-electron chi connectivity index (χ2n) is 3.88. The third-order valence-corrected chi connectivity index (χ3v) is 2.58. The van der Waals surface area contributed by atoms with E-state index in [0.29, 0.717) is 0 Å². The molecule has 0 N–H and O–H groups in total. The van der Waals surface area contributed by atoms with Crippen LogP contribution in [-0.2, 0) is 0 Å². The van der Waals surface area contributed by atoms with E-state index in [9.17, 15) is 0 Å². The van der Waals surface area contributed by atoms with Crippen LogP contribution in [0, 0.1) is 0 Å². The summed E-state index contributed by atoms with van der Waals surface area (Å²) in [5, 5.41) is 0. The summed E-state index contributed by atoms with van der Waals surface area (Å²) in [4.78, 5) is 5.13. The minimum atomic E-state index is 0.775. The third kappa shape index (κ3) is 2.46. The largest absolute Gasteiger partial charge is 0.289 e. The average molecular weight is 170 g/mol. The van der Waals surface area contributed by atoms with Crippen molar-refractivity contribution in [3.8, 4) is 0 Å². The molecular formula is C10H22N2. The van der Waals surface area contributed by atoms with Gasteiger partial charge in [0.1, 0.15) is 0 Å². The highest BCUT2D eigenvalue weighted by atomic mass is 15.4. The molecule has 1 aliphatic heterocycles. The fourth-order valence-electron chi connectivity index (χ4n) is 2.00. The summed E-state index contributed by atoms with van der Waals surface area (Å²) < 4.78 is 0. The van der Waals surface area contributed by atoms with Crippen LogP contribution in [0.1, 0.15) is 33.6 Å². The van der Waals surface area contributed by atoms with Crippen molar-refractivity contribution in [3.05, 3.63) is 0 Å². The fraction of sp³-hybridized carbons (Fsp3) is 1.00. The van der Waals surface area contributed by atoms with E-state index in [2.05, 4.69) is 30.6 Å². The van der Waals surface area contributed by atoms with Crippen LogP contribution in [0.4, 0.5) is 0 Å². The summed E-state index contributed by atoms with van der Waals surface area (Å²) in [7, 11) is 0. The Morgan fingerprint density at radius 1 is 1.17 bits per heavy atom. The number of rotatable bonds is 4. The van der Waals surface area contributed by atoms with E-state index in [1.54, 1.807) is 0 Å². The van der Waals surface area contributed by atoms with Crippen LogP contribution in [-0.4, -0.2) is 42.1 Å². The predicted molar refractivity (Wildman–Crippen MR) is 53.2 cm³/mol. The van der Waals surface area contributed by atoms with Crippen molar-refractivity contribution < 1.29 is 0 Å². The molecule has 0 aromatic rings. The smallest absolute Gasteiger partial charge is 0.0509 e. The SMILES string of the molecule is CCCN1CC(C)N(CCC)C1. The molecular weight excluding hydrogens is 148 g/mol. The Morgan fingerprint density at radius 3 is 2.42 bits per heavy atom. The highest BCUT2D eigenvalue weighted by Gasteiger charge is 2.24. The van der Waals surface area contributed by atoms with Crippen molar-refractivity contribution in [1.29, 1.82) is 0 Å². The third-order valence-electron chi connectivity index (χ3n) is 2.58. The van der Waals surface area contributed by atoms with E-state index in [1.807, 2.05) is 0 Å². The second-order valence-corrected chi connectivity index (χ2v) is 3.88. The Morgan fingerprint density at radius 2 is 1.83 bits per heavy atom. The van der Waals surface area contributed by atoms with E-state index in [0.717, 1.165) is 6.04 Å². The molecule has 1 saturated heterocycles. The van der Waals surface area contributed by atoms with Gasteiger partial charge < -0.3 is 0 Å². The van der Waals surface area contributed by atoms with Gasteiger partial charge in [-0.3, -0.25) is 9.80 Å². The molecule has 0 saturated carbocycles. The highest BCUT2D eigenvalue weighted by Crippen LogP contribution is 2.12. The maximum absolute atomic E-state index is 2.58. The molecule has 0 aliphatic carbocycles. The van der Waals surface area contributed by atoms with Crippen molar-refractivity contribution in [1.82, 2.24) is 9.80 Å². The van der Waals surface area contributed by atoms with Gasteiger partial charge in [0.25, 0.3) is 0 Å². The maximum Gasteiger partial charge on any atom is 0.0509 e. The van der Waals surface area contributed by atoms with Crippen molar-refractivity contribution in [2.24, 2.45) is 0 Å². The van der Waals surface area contributed by atoms with Gasteiger partial charge in [-0.15, -0.1) is 0 Å². The summed E-state index contributed by atoms with van der Waals surface area (Å²) in [5.74, 6) is 0. The first-order valence-corrected chi connectivity index (χ1v) is 5.24. The van der Waals surface area contributed by atoms with Gasteiger partial charge in [-0.2, -0.15) is 0 Å². The number of hydrogen-bond donors (Lipinski definition) is 0. The topological polar surface area (TPSA) is 6.48 Å². The zero-order valence-electron chi connectivity index (χ0n) is 8.71. The Hall–Kier alpha value is -0.0800. The molecule has 1 rings (SSSR count). The lowest BCUT2D eigenvalue weighted by molar-refractivity contribution is 0.228. The van der Waals surface area contributed by atoms with Crippen LogP contribution < -0.4 is 0 Å². The molecule has 72 valence electrons. The molecule has 0 amide bonds. The van der Waals surface area contributed by atoms with Crippen LogP contribution in [0.15, 0.2) is 0 Å². The Balaban J connectivity index is 2.29. The monoisotopic (exact) mass is 170 g/mol. The molecule has 0 aromatic heterocycles. The molecule has 1 fully saturated rings. The van der Waals surface area contributed by atoms with Crippen molar-refractivity contribution in [3.63, 3.8) is 0 Å². The van der Waals surface area contributed by atoms with Crippen LogP contribution in [0.25, 0.3) is 0 Å². The molecule has 1 aliphatic rings. The zero-order valence-corrected chi connectivity index (χ0v) is 8.71. The summed E-state index contributed by atoms with van der Waals surface area (Å²) >= 11 is 0. The predicted octanol–water partition coefficient (Wildman–Crippen LogP) is 1.77. The Labute approximate surface area is 76.5 Å². The fourth-order valence-corrected chi connectivity index (χ4v) is 2.00. The van der Waals surface area contributed by atoms with Gasteiger partial charge in [0.2, 0.25) is 0 Å². The quantitative estimate of drug-likeness (QED) is 0.634. The van der Waals surface area contributed by atoms with E-state index < -0.39 is 0 Å². The van der Waals surface area contributed by atoms with Gasteiger partial charge in [0.05, 0.1) is 6.67 Å². The molecule has 1 atom stereocenters. The first-order valence-electron chi connectivity index (χ1n) is 5.24. The van der Waals surface area contributed by atoms with Crippen LogP contribution >= 0.6 is 0 Å². The lowest BCUT2D eigenvalue weighted by Crippen LogP contribution is -2.29. The summed E-state index contributed by atoms with van der Waals surface area (Å²) in [6.45, 7) is 11.9. The zero-order chi connectivity index (χ0) is 8.97. The molecule has 2 heteroatoms. The van der Waals surface area contributed by atoms with E-state index in [-0.39, 0.29) is 0 Å². The molecule has 12 heavy (non-hydrogen) atoms. The molecule has 2 nitrogen and oxygen atoms in total. The van der Waals surface area contributed by atoms with Crippen LogP contribution in [0.5, 0.6) is 0 Å². The molecule has 0 radical (unpaired) electrons. The molecule has 1 heterocycles. The highest BCUT2D eigenvalue weighted by molar-refractivity contribution is 4.78. The van der Waals surface area contributed by atoms with Crippen molar-refractivity contribution >= 4 is 0 Å². The molecule has 0 bridgehead atoms. The van der Waals surface area contributed by atoms with Crippen LogP contribution in [0.2, 0.25) is 0 Å². The first-order chi connectivity index (χ1) is 5.77. The summed E-state index contributed by atoms with van der Waals surface area (Å²) in [5.41, 5.74) is 0. The standard InChI is InChI=1S/C10H22N2/c1-4-6-11-8-10(3)12(9-11)7-5-2/h10H,4-9H2,1-3H3. The lowest BCUT2D eigenvalue weighted by Gasteiger charge is -2.18. The van der Waals surface area contributed by atoms with Gasteiger partial charge in [0.15, 0.2) is 0 Å². The molecule has 0 aromatic carbocycles. The van der Waals surface area contributed by atoms with Gasteiger partial charge in [0, 0.05) is 12.6 Å². The Kier molecular flexibility index (Phi) is 4.02. The van der Waals surface area contributed by atoms with E-state index in [1.165, 1.54) is 39.1 Å². The molecule has 1 unspecified atom stereocenters. The lowest BCUT2D eigenvalue weighted by atomic mass is 10.3. The van der Waals surface area contributed by atoms with Crippen LogP contribution in [0.3, 0.4) is 0 Å². The Bertz CT molecular complexity index is 125. The second kappa shape index (κ2) is 4.83. The van der Waals surface area contributed by atoms with Gasteiger partial charge in [-0.05, 0) is 32.9 Å². The van der Waals surface area contributed by atoms with Gasteiger partial charge >= 0.3 is 0 Å². The molecule has 0 spiro atoms. The summed E-state index contributed by atoms with van der Waals surface area (Å²) in [6.07, 6.45) is 2.57. The van der Waals surface area contributed by atoms with Crippen molar-refractivity contribution in [2.75, 3.05) is 26.3 Å². The minimum absolute atomic E-state index is 0.775. The number of nitrogens with zero attached hydrogens (tertiary/aromatic N) is 2. The summed E-state index contributed by atoms with van der Waals surface area (Å²) in [6, 6.07) is 0.775. The van der Waals surface area contributed by atoms with E-state index >= 15 is 0 Å². The van der Waals surface area contributed by atoms with Gasteiger partial charge in [-0.1, -0.05) is 13.8 Å².